The van der Waals surface area contributed by atoms with Crippen molar-refractivity contribution in [3.63, 3.8) is 0 Å². The molecule has 5 heteroatoms. The van der Waals surface area contributed by atoms with Gasteiger partial charge in [-0.25, -0.2) is 0 Å². The molecule has 0 bridgehead atoms. The summed E-state index contributed by atoms with van der Waals surface area (Å²) in [7, 11) is 0. The number of halogens is 2. The second kappa shape index (κ2) is 2.46. The van der Waals surface area contributed by atoms with E-state index >= 15 is 0 Å². The van der Waals surface area contributed by atoms with E-state index in [9.17, 15) is 0 Å². The number of hydrogen-bond donors (Lipinski definition) is 0. The highest BCUT2D eigenvalue weighted by atomic mass is 79.9. The van der Waals surface area contributed by atoms with Gasteiger partial charge in [-0.3, -0.25) is 4.40 Å². The molecule has 0 amide bonds. The number of nitrogens with zero attached hydrogens (tertiary/aromatic N) is 3. The average molecular weight is 232 g/mol. The van der Waals surface area contributed by atoms with Gasteiger partial charge in [-0.1, -0.05) is 11.6 Å². The van der Waals surface area contributed by atoms with Gasteiger partial charge in [0.1, 0.15) is 6.33 Å². The second-order valence-corrected chi connectivity index (χ2v) is 3.36. The Morgan fingerprint density at radius 3 is 3.18 bits per heavy atom. The third-order valence-electron chi connectivity index (χ3n) is 1.31. The molecule has 0 N–H and O–H groups in total. The van der Waals surface area contributed by atoms with Crippen LogP contribution in [-0.2, 0) is 0 Å². The maximum absolute atomic E-state index is 5.77. The maximum atomic E-state index is 5.77. The maximum Gasteiger partial charge on any atom is 0.175 e. The van der Waals surface area contributed by atoms with Gasteiger partial charge in [0, 0.05) is 6.20 Å². The molecule has 0 aliphatic rings. The van der Waals surface area contributed by atoms with Crippen LogP contribution in [0.15, 0.2) is 23.1 Å². The highest BCUT2D eigenvalue weighted by molar-refractivity contribution is 9.10. The predicted molar refractivity (Wildman–Crippen MR) is 45.7 cm³/mol. The quantitative estimate of drug-likeness (QED) is 0.697. The third kappa shape index (κ3) is 1.12. The Labute approximate surface area is 76.1 Å². The number of rotatable bonds is 0. The summed E-state index contributed by atoms with van der Waals surface area (Å²) in [4.78, 5) is 0. The van der Waals surface area contributed by atoms with E-state index in [1.165, 1.54) is 0 Å². The molecular weight excluding hydrogens is 229 g/mol. The first-order valence-electron chi connectivity index (χ1n) is 2.92. The standard InChI is InChI=1S/C6H3BrClN3/c7-5-1-4(8)2-11-3-9-10-6(5)11/h1-3H. The minimum atomic E-state index is 0.657. The van der Waals surface area contributed by atoms with Crippen LogP contribution in [0.2, 0.25) is 5.02 Å². The summed E-state index contributed by atoms with van der Waals surface area (Å²) in [5, 5.41) is 8.25. The topological polar surface area (TPSA) is 30.2 Å². The van der Waals surface area contributed by atoms with Crippen molar-refractivity contribution in [1.82, 2.24) is 14.6 Å². The zero-order valence-electron chi connectivity index (χ0n) is 5.33. The van der Waals surface area contributed by atoms with Crippen LogP contribution < -0.4 is 0 Å². The van der Waals surface area contributed by atoms with E-state index in [0.717, 1.165) is 10.1 Å². The van der Waals surface area contributed by atoms with Crippen LogP contribution in [0.1, 0.15) is 0 Å². The summed E-state index contributed by atoms with van der Waals surface area (Å²) in [6.07, 6.45) is 3.35. The molecule has 0 aromatic carbocycles. The third-order valence-corrected chi connectivity index (χ3v) is 2.10. The van der Waals surface area contributed by atoms with E-state index in [-0.39, 0.29) is 0 Å². The fourth-order valence-electron chi connectivity index (χ4n) is 0.864. The van der Waals surface area contributed by atoms with E-state index in [2.05, 4.69) is 26.1 Å². The van der Waals surface area contributed by atoms with E-state index in [4.69, 9.17) is 11.6 Å². The van der Waals surface area contributed by atoms with Gasteiger partial charge in [-0.2, -0.15) is 0 Å². The SMILES string of the molecule is Clc1cc(Br)c2nncn2c1. The molecule has 0 radical (unpaired) electrons. The first-order chi connectivity index (χ1) is 5.27. The lowest BCUT2D eigenvalue weighted by Gasteiger charge is -1.94. The van der Waals surface area contributed by atoms with E-state index < -0.39 is 0 Å². The molecule has 0 spiro atoms. The molecule has 11 heavy (non-hydrogen) atoms. The summed E-state index contributed by atoms with van der Waals surface area (Å²) in [6.45, 7) is 0. The molecule has 2 aromatic rings. The minimum absolute atomic E-state index is 0.657. The van der Waals surface area contributed by atoms with Gasteiger partial charge in [0.2, 0.25) is 0 Å². The molecule has 0 atom stereocenters. The van der Waals surface area contributed by atoms with Crippen LogP contribution in [0.25, 0.3) is 5.65 Å². The molecule has 0 aliphatic heterocycles. The molecule has 0 aliphatic carbocycles. The van der Waals surface area contributed by atoms with Crippen LogP contribution in [0, 0.1) is 0 Å². The zero-order chi connectivity index (χ0) is 7.84. The van der Waals surface area contributed by atoms with E-state index in [0.29, 0.717) is 5.02 Å². The smallest absolute Gasteiger partial charge is 0.175 e. The Kier molecular flexibility index (Phi) is 1.58. The molecule has 56 valence electrons. The number of pyridine rings is 1. The van der Waals surface area contributed by atoms with Crippen molar-refractivity contribution in [3.8, 4) is 0 Å². The summed E-state index contributed by atoms with van der Waals surface area (Å²) in [5.41, 5.74) is 0.773. The molecule has 2 heterocycles. The average Bonchev–Trinajstić information content (AvgIpc) is 2.34. The van der Waals surface area contributed by atoms with Gasteiger partial charge in [0.05, 0.1) is 9.50 Å². The van der Waals surface area contributed by atoms with Gasteiger partial charge < -0.3 is 0 Å². The lowest BCUT2D eigenvalue weighted by Crippen LogP contribution is -1.83. The van der Waals surface area contributed by atoms with Crippen LogP contribution in [0.5, 0.6) is 0 Å². The van der Waals surface area contributed by atoms with Gasteiger partial charge in [-0.15, -0.1) is 10.2 Å². The predicted octanol–water partition coefficient (Wildman–Crippen LogP) is 2.15. The summed E-state index contributed by atoms with van der Waals surface area (Å²) < 4.78 is 2.61. The second-order valence-electron chi connectivity index (χ2n) is 2.07. The normalized spacial score (nSPS) is 10.7. The Hall–Kier alpha value is -0.610. The number of aromatic nitrogens is 3. The molecule has 0 unspecified atom stereocenters. The first kappa shape index (κ1) is 7.06. The van der Waals surface area contributed by atoms with E-state index in [1.807, 2.05) is 0 Å². The van der Waals surface area contributed by atoms with Crippen molar-refractivity contribution < 1.29 is 0 Å². The van der Waals surface area contributed by atoms with Crippen molar-refractivity contribution in [1.29, 1.82) is 0 Å². The van der Waals surface area contributed by atoms with Crippen LogP contribution >= 0.6 is 27.5 Å². The first-order valence-corrected chi connectivity index (χ1v) is 4.09. The van der Waals surface area contributed by atoms with Crippen molar-refractivity contribution in [2.75, 3.05) is 0 Å². The lowest BCUT2D eigenvalue weighted by atomic mass is 10.5. The molecule has 0 saturated carbocycles. The van der Waals surface area contributed by atoms with E-state index in [1.54, 1.807) is 23.0 Å². The van der Waals surface area contributed by atoms with Gasteiger partial charge in [0.15, 0.2) is 5.65 Å². The highest BCUT2D eigenvalue weighted by Gasteiger charge is 2.01. The van der Waals surface area contributed by atoms with Crippen molar-refractivity contribution in [2.45, 2.75) is 0 Å². The molecular formula is C6H3BrClN3. The summed E-state index contributed by atoms with van der Waals surface area (Å²) >= 11 is 9.09. The lowest BCUT2D eigenvalue weighted by molar-refractivity contribution is 1.10. The van der Waals surface area contributed by atoms with Gasteiger partial charge in [0.25, 0.3) is 0 Å². The molecule has 2 rings (SSSR count). The molecule has 3 nitrogen and oxygen atoms in total. The fourth-order valence-corrected chi connectivity index (χ4v) is 1.74. The van der Waals surface area contributed by atoms with Crippen LogP contribution in [0.3, 0.4) is 0 Å². The Bertz CT molecular complexity index is 398. The minimum Gasteiger partial charge on any atom is -0.287 e. The van der Waals surface area contributed by atoms with Crippen molar-refractivity contribution >= 4 is 33.2 Å². The zero-order valence-corrected chi connectivity index (χ0v) is 7.67. The van der Waals surface area contributed by atoms with Gasteiger partial charge >= 0.3 is 0 Å². The number of hydrogen-bond acceptors (Lipinski definition) is 2. The number of fused-ring (bicyclic) bond motifs is 1. The summed E-state index contributed by atoms with van der Waals surface area (Å²) in [6, 6.07) is 1.78. The van der Waals surface area contributed by atoms with Gasteiger partial charge in [-0.05, 0) is 22.0 Å². The monoisotopic (exact) mass is 231 g/mol. The Balaban J connectivity index is 2.91. The highest BCUT2D eigenvalue weighted by Crippen LogP contribution is 2.20. The fraction of sp³-hybridized carbons (Fsp3) is 0. The van der Waals surface area contributed by atoms with Crippen LogP contribution in [0.4, 0.5) is 0 Å². The molecule has 0 saturated heterocycles. The molecule has 0 fully saturated rings. The van der Waals surface area contributed by atoms with Crippen molar-refractivity contribution in [3.05, 3.63) is 28.1 Å². The van der Waals surface area contributed by atoms with Crippen LogP contribution in [-0.4, -0.2) is 14.6 Å². The van der Waals surface area contributed by atoms with Crippen molar-refractivity contribution in [2.24, 2.45) is 0 Å². The summed E-state index contributed by atoms with van der Waals surface area (Å²) in [5.74, 6) is 0. The Morgan fingerprint density at radius 2 is 2.36 bits per heavy atom. The molecule has 2 aromatic heterocycles. The largest absolute Gasteiger partial charge is 0.287 e. The Morgan fingerprint density at radius 1 is 1.55 bits per heavy atom.